The van der Waals surface area contributed by atoms with Crippen LogP contribution in [0.4, 0.5) is 0 Å². The van der Waals surface area contributed by atoms with Crippen molar-refractivity contribution in [3.63, 3.8) is 0 Å². The first-order chi connectivity index (χ1) is 6.31. The minimum atomic E-state index is 0.575. The number of rotatable bonds is 2. The molecule has 2 aromatic rings. The van der Waals surface area contributed by atoms with E-state index in [0.29, 0.717) is 15.2 Å². The minimum Gasteiger partial charge on any atom is -0.296 e. The number of hydrogen-bond donors (Lipinski definition) is 0. The van der Waals surface area contributed by atoms with Gasteiger partial charge in [-0.25, -0.2) is 4.98 Å². The van der Waals surface area contributed by atoms with Gasteiger partial charge in [0.1, 0.15) is 4.34 Å². The van der Waals surface area contributed by atoms with Gasteiger partial charge in [-0.15, -0.1) is 0 Å². The van der Waals surface area contributed by atoms with Crippen molar-refractivity contribution in [3.05, 3.63) is 34.6 Å². The van der Waals surface area contributed by atoms with E-state index in [1.165, 1.54) is 11.3 Å². The Balaban J connectivity index is 2.51. The molecule has 2 heterocycles. The summed E-state index contributed by atoms with van der Waals surface area (Å²) in [6.07, 6.45) is 4.13. The molecule has 0 atom stereocenters. The number of halogens is 1. The fourth-order valence-corrected chi connectivity index (χ4v) is 1.93. The van der Waals surface area contributed by atoms with Crippen molar-refractivity contribution in [1.29, 1.82) is 0 Å². The second-order valence-electron chi connectivity index (χ2n) is 2.37. The van der Waals surface area contributed by atoms with Crippen LogP contribution in [0.5, 0.6) is 0 Å². The Bertz CT molecular complexity index is 435. The Morgan fingerprint density at radius 3 is 3.08 bits per heavy atom. The smallest absolute Gasteiger partial charge is 0.195 e. The molecule has 0 bridgehead atoms. The summed E-state index contributed by atoms with van der Waals surface area (Å²) in [6.45, 7) is 0. The number of carbonyl (C=O) groups excluding carboxylic acids is 1. The molecule has 0 aliphatic carbocycles. The Labute approximate surface area is 83.6 Å². The summed E-state index contributed by atoms with van der Waals surface area (Å²) < 4.78 is 2.31. The summed E-state index contributed by atoms with van der Waals surface area (Å²) in [5.74, 6) is 0. The van der Waals surface area contributed by atoms with Crippen LogP contribution >= 0.6 is 22.9 Å². The molecule has 0 radical (unpaired) electrons. The van der Waals surface area contributed by atoms with Crippen molar-refractivity contribution in [2.45, 2.75) is 0 Å². The molecular weight excluding hydrogens is 208 g/mol. The first-order valence-electron chi connectivity index (χ1n) is 3.55. The summed E-state index contributed by atoms with van der Waals surface area (Å²) in [5, 5.41) is 0.706. The summed E-state index contributed by atoms with van der Waals surface area (Å²) in [6, 6.07) is 3.52. The van der Waals surface area contributed by atoms with E-state index < -0.39 is 0 Å². The van der Waals surface area contributed by atoms with E-state index in [2.05, 4.69) is 4.98 Å². The SMILES string of the molecule is O=Cc1cccn1-c1ncc(Cl)s1. The van der Waals surface area contributed by atoms with Gasteiger partial charge in [0, 0.05) is 6.20 Å². The van der Waals surface area contributed by atoms with Gasteiger partial charge in [0.05, 0.1) is 11.9 Å². The zero-order valence-electron chi connectivity index (χ0n) is 6.48. The molecule has 2 rings (SSSR count). The number of aromatic nitrogens is 2. The van der Waals surface area contributed by atoms with Crippen LogP contribution < -0.4 is 0 Å². The maximum Gasteiger partial charge on any atom is 0.195 e. The third-order valence-corrected chi connectivity index (χ3v) is 2.69. The molecule has 5 heteroatoms. The van der Waals surface area contributed by atoms with Gasteiger partial charge in [-0.3, -0.25) is 9.36 Å². The topological polar surface area (TPSA) is 34.9 Å². The van der Waals surface area contributed by atoms with Gasteiger partial charge in [-0.1, -0.05) is 22.9 Å². The molecule has 0 fully saturated rings. The molecule has 0 saturated heterocycles. The van der Waals surface area contributed by atoms with Crippen LogP contribution in [0.25, 0.3) is 5.13 Å². The van der Waals surface area contributed by atoms with Crippen LogP contribution in [0.3, 0.4) is 0 Å². The zero-order chi connectivity index (χ0) is 9.26. The van der Waals surface area contributed by atoms with Crippen LogP contribution in [0.1, 0.15) is 10.5 Å². The van der Waals surface area contributed by atoms with E-state index in [-0.39, 0.29) is 0 Å². The highest BCUT2D eigenvalue weighted by Crippen LogP contribution is 2.22. The Kier molecular flexibility index (Phi) is 2.16. The molecule has 0 N–H and O–H groups in total. The molecule has 0 aliphatic rings. The standard InChI is InChI=1S/C8H5ClN2OS/c9-7-4-10-8(13-7)11-3-1-2-6(11)5-12/h1-5H. The quantitative estimate of drug-likeness (QED) is 0.717. The lowest BCUT2D eigenvalue weighted by Gasteiger charge is -1.97. The van der Waals surface area contributed by atoms with Gasteiger partial charge in [0.25, 0.3) is 0 Å². The van der Waals surface area contributed by atoms with Gasteiger partial charge in [-0.05, 0) is 12.1 Å². The summed E-state index contributed by atoms with van der Waals surface area (Å²) in [5.41, 5.74) is 0.575. The van der Waals surface area contributed by atoms with E-state index in [4.69, 9.17) is 11.6 Å². The molecule has 0 saturated carbocycles. The maximum absolute atomic E-state index is 10.6. The Hall–Kier alpha value is -1.13. The molecule has 13 heavy (non-hydrogen) atoms. The lowest BCUT2D eigenvalue weighted by molar-refractivity contribution is 0.111. The summed E-state index contributed by atoms with van der Waals surface area (Å²) >= 11 is 7.06. The average molecular weight is 213 g/mol. The van der Waals surface area contributed by atoms with Gasteiger partial charge >= 0.3 is 0 Å². The fraction of sp³-hybridized carbons (Fsp3) is 0. The normalized spacial score (nSPS) is 10.2. The van der Waals surface area contributed by atoms with Gasteiger partial charge < -0.3 is 0 Å². The number of thiazole rings is 1. The van der Waals surface area contributed by atoms with Gasteiger partial charge in [0.2, 0.25) is 0 Å². The van der Waals surface area contributed by atoms with Crippen LogP contribution in [-0.4, -0.2) is 15.8 Å². The fourth-order valence-electron chi connectivity index (χ4n) is 1.02. The minimum absolute atomic E-state index is 0.575. The molecule has 2 aromatic heterocycles. The molecule has 0 aliphatic heterocycles. The van der Waals surface area contributed by atoms with E-state index in [0.717, 1.165) is 6.29 Å². The molecule has 0 spiro atoms. The highest BCUT2D eigenvalue weighted by molar-refractivity contribution is 7.18. The van der Waals surface area contributed by atoms with Crippen LogP contribution in [0, 0.1) is 0 Å². The van der Waals surface area contributed by atoms with Crippen LogP contribution in [-0.2, 0) is 0 Å². The van der Waals surface area contributed by atoms with Crippen molar-refractivity contribution in [2.24, 2.45) is 0 Å². The van der Waals surface area contributed by atoms with E-state index in [9.17, 15) is 4.79 Å². The molecule has 3 nitrogen and oxygen atoms in total. The molecule has 0 unspecified atom stereocenters. The monoisotopic (exact) mass is 212 g/mol. The van der Waals surface area contributed by atoms with Crippen molar-refractivity contribution >= 4 is 29.2 Å². The van der Waals surface area contributed by atoms with E-state index in [1.54, 1.807) is 29.1 Å². The molecule has 66 valence electrons. The largest absolute Gasteiger partial charge is 0.296 e. The third kappa shape index (κ3) is 1.50. The zero-order valence-corrected chi connectivity index (χ0v) is 8.05. The summed E-state index contributed by atoms with van der Waals surface area (Å²) in [7, 11) is 0. The molecule has 0 amide bonds. The predicted octanol–water partition coefficient (Wildman–Crippen LogP) is 2.40. The highest BCUT2D eigenvalue weighted by atomic mass is 35.5. The second kappa shape index (κ2) is 3.32. The van der Waals surface area contributed by atoms with Crippen molar-refractivity contribution in [1.82, 2.24) is 9.55 Å². The lowest BCUT2D eigenvalue weighted by Crippen LogP contribution is -1.95. The van der Waals surface area contributed by atoms with Gasteiger partial charge in [-0.2, -0.15) is 0 Å². The van der Waals surface area contributed by atoms with E-state index >= 15 is 0 Å². The third-order valence-electron chi connectivity index (χ3n) is 1.57. The van der Waals surface area contributed by atoms with E-state index in [1.807, 2.05) is 0 Å². The lowest BCUT2D eigenvalue weighted by atomic mass is 10.5. The first-order valence-corrected chi connectivity index (χ1v) is 4.75. The Morgan fingerprint density at radius 1 is 1.62 bits per heavy atom. The Morgan fingerprint density at radius 2 is 2.46 bits per heavy atom. The molecule has 0 aromatic carbocycles. The van der Waals surface area contributed by atoms with Crippen molar-refractivity contribution < 1.29 is 4.79 Å². The first kappa shape index (κ1) is 8.47. The van der Waals surface area contributed by atoms with Crippen molar-refractivity contribution in [3.8, 4) is 5.13 Å². The number of aldehydes is 1. The molecular formula is C8H5ClN2OS. The number of carbonyl (C=O) groups is 1. The second-order valence-corrected chi connectivity index (χ2v) is 4.01. The maximum atomic E-state index is 10.6. The average Bonchev–Trinajstić information content (AvgIpc) is 2.71. The van der Waals surface area contributed by atoms with Crippen molar-refractivity contribution in [2.75, 3.05) is 0 Å². The predicted molar refractivity (Wildman–Crippen MR) is 51.8 cm³/mol. The number of nitrogens with zero attached hydrogens (tertiary/aromatic N) is 2. The van der Waals surface area contributed by atoms with Gasteiger partial charge in [0.15, 0.2) is 11.4 Å². The van der Waals surface area contributed by atoms with Crippen LogP contribution in [0.15, 0.2) is 24.5 Å². The summed E-state index contributed by atoms with van der Waals surface area (Å²) in [4.78, 5) is 14.6. The highest BCUT2D eigenvalue weighted by Gasteiger charge is 2.05. The number of hydrogen-bond acceptors (Lipinski definition) is 3. The van der Waals surface area contributed by atoms with Crippen LogP contribution in [0.2, 0.25) is 4.34 Å².